The van der Waals surface area contributed by atoms with Crippen LogP contribution in [0.3, 0.4) is 0 Å². The van der Waals surface area contributed by atoms with E-state index in [1.165, 1.54) is 23.8 Å². The lowest BCUT2D eigenvalue weighted by Gasteiger charge is -2.12. The number of benzene rings is 1. The zero-order valence-electron chi connectivity index (χ0n) is 10.9. The van der Waals surface area contributed by atoms with Crippen molar-refractivity contribution in [3.05, 3.63) is 42.1 Å². The lowest BCUT2D eigenvalue weighted by molar-refractivity contribution is 0.462. The molecule has 1 aliphatic rings. The van der Waals surface area contributed by atoms with Gasteiger partial charge in [-0.1, -0.05) is 25.1 Å². The van der Waals surface area contributed by atoms with Crippen molar-refractivity contribution >= 4 is 10.9 Å². The van der Waals surface area contributed by atoms with Crippen LogP contribution in [0.5, 0.6) is 0 Å². The second-order valence-electron chi connectivity index (χ2n) is 5.43. The molecule has 2 heteroatoms. The molecule has 1 saturated carbocycles. The fraction of sp³-hybridized carbons (Fsp3) is 0.438. The Morgan fingerprint density at radius 1 is 1.28 bits per heavy atom. The van der Waals surface area contributed by atoms with Crippen LogP contribution >= 0.6 is 0 Å². The molecule has 1 N–H and O–H groups in total. The standard InChI is InChI=1S/C16H20N2/c1-12(13-6-7-13)10-17-11-14-8-9-18-16-5-3-2-4-15(14)16/h2-5,8-9,12-13,17H,6-7,10-11H2,1H3. The Morgan fingerprint density at radius 2 is 2.11 bits per heavy atom. The minimum Gasteiger partial charge on any atom is -0.312 e. The molecule has 18 heavy (non-hydrogen) atoms. The first-order valence-electron chi connectivity index (χ1n) is 6.88. The van der Waals surface area contributed by atoms with Crippen molar-refractivity contribution in [1.29, 1.82) is 0 Å². The molecular weight excluding hydrogens is 220 g/mol. The molecule has 1 atom stereocenters. The minimum atomic E-state index is 0.818. The molecular formula is C16H20N2. The van der Waals surface area contributed by atoms with Gasteiger partial charge < -0.3 is 5.32 Å². The first-order valence-corrected chi connectivity index (χ1v) is 6.88. The maximum atomic E-state index is 4.40. The molecule has 1 fully saturated rings. The van der Waals surface area contributed by atoms with Gasteiger partial charge in [-0.3, -0.25) is 4.98 Å². The SMILES string of the molecule is CC(CNCc1ccnc2ccccc12)C1CC1. The molecule has 0 bridgehead atoms. The summed E-state index contributed by atoms with van der Waals surface area (Å²) in [5, 5.41) is 4.86. The molecule has 1 heterocycles. The van der Waals surface area contributed by atoms with Crippen LogP contribution in [-0.2, 0) is 6.54 Å². The van der Waals surface area contributed by atoms with Crippen LogP contribution in [0.2, 0.25) is 0 Å². The van der Waals surface area contributed by atoms with Crippen LogP contribution in [-0.4, -0.2) is 11.5 Å². The van der Waals surface area contributed by atoms with Crippen molar-refractivity contribution in [2.75, 3.05) is 6.54 Å². The summed E-state index contributed by atoms with van der Waals surface area (Å²) in [7, 11) is 0. The molecule has 0 spiro atoms. The molecule has 2 aromatic rings. The second kappa shape index (κ2) is 5.07. The Morgan fingerprint density at radius 3 is 2.94 bits per heavy atom. The van der Waals surface area contributed by atoms with E-state index in [2.05, 4.69) is 41.5 Å². The summed E-state index contributed by atoms with van der Waals surface area (Å²) in [4.78, 5) is 4.40. The predicted octanol–water partition coefficient (Wildman–Crippen LogP) is 3.37. The molecule has 2 nitrogen and oxygen atoms in total. The summed E-state index contributed by atoms with van der Waals surface area (Å²) in [6, 6.07) is 10.5. The molecule has 1 unspecified atom stereocenters. The van der Waals surface area contributed by atoms with E-state index in [9.17, 15) is 0 Å². The maximum absolute atomic E-state index is 4.40. The minimum absolute atomic E-state index is 0.818. The first kappa shape index (κ1) is 11.7. The molecule has 0 aliphatic heterocycles. The summed E-state index contributed by atoms with van der Waals surface area (Å²) < 4.78 is 0. The highest BCUT2D eigenvalue weighted by Crippen LogP contribution is 2.36. The number of para-hydroxylation sites is 1. The quantitative estimate of drug-likeness (QED) is 0.866. The zero-order valence-corrected chi connectivity index (χ0v) is 10.9. The summed E-state index contributed by atoms with van der Waals surface area (Å²) in [6.07, 6.45) is 4.77. The van der Waals surface area contributed by atoms with E-state index in [1.807, 2.05) is 12.3 Å². The third-order valence-electron chi connectivity index (χ3n) is 3.95. The van der Waals surface area contributed by atoms with Gasteiger partial charge in [-0.05, 0) is 48.9 Å². The summed E-state index contributed by atoms with van der Waals surface area (Å²) in [6.45, 7) is 4.43. The lowest BCUT2D eigenvalue weighted by atomic mass is 10.1. The van der Waals surface area contributed by atoms with E-state index in [1.54, 1.807) is 0 Å². The van der Waals surface area contributed by atoms with Crippen LogP contribution in [0.1, 0.15) is 25.3 Å². The Hall–Kier alpha value is -1.41. The molecule has 94 valence electrons. The largest absolute Gasteiger partial charge is 0.312 e. The van der Waals surface area contributed by atoms with E-state index in [0.717, 1.165) is 30.4 Å². The average molecular weight is 240 g/mol. The number of rotatable bonds is 5. The first-order chi connectivity index (χ1) is 8.84. The lowest BCUT2D eigenvalue weighted by Crippen LogP contribution is -2.21. The van der Waals surface area contributed by atoms with Crippen molar-refractivity contribution in [3.63, 3.8) is 0 Å². The molecule has 0 saturated heterocycles. The molecule has 1 aromatic carbocycles. The van der Waals surface area contributed by atoms with Crippen LogP contribution < -0.4 is 5.32 Å². The van der Waals surface area contributed by atoms with Gasteiger partial charge in [0.05, 0.1) is 5.52 Å². The molecule has 1 aliphatic carbocycles. The van der Waals surface area contributed by atoms with Crippen LogP contribution in [0.25, 0.3) is 10.9 Å². The zero-order chi connectivity index (χ0) is 12.4. The van der Waals surface area contributed by atoms with Crippen LogP contribution in [0.4, 0.5) is 0 Å². The fourth-order valence-electron chi connectivity index (χ4n) is 2.58. The van der Waals surface area contributed by atoms with E-state index >= 15 is 0 Å². The van der Waals surface area contributed by atoms with E-state index < -0.39 is 0 Å². The number of hydrogen-bond donors (Lipinski definition) is 1. The van der Waals surface area contributed by atoms with Crippen molar-refractivity contribution < 1.29 is 0 Å². The van der Waals surface area contributed by atoms with Gasteiger partial charge in [0.2, 0.25) is 0 Å². The van der Waals surface area contributed by atoms with Gasteiger partial charge in [0.15, 0.2) is 0 Å². The van der Waals surface area contributed by atoms with Gasteiger partial charge in [0.1, 0.15) is 0 Å². The molecule has 0 amide bonds. The van der Waals surface area contributed by atoms with Crippen molar-refractivity contribution in [2.24, 2.45) is 11.8 Å². The summed E-state index contributed by atoms with van der Waals surface area (Å²) >= 11 is 0. The van der Waals surface area contributed by atoms with E-state index in [-0.39, 0.29) is 0 Å². The number of fused-ring (bicyclic) bond motifs is 1. The normalized spacial score (nSPS) is 16.9. The summed E-state index contributed by atoms with van der Waals surface area (Å²) in [5.74, 6) is 1.80. The Bertz CT molecular complexity index is 526. The average Bonchev–Trinajstić information content (AvgIpc) is 3.23. The van der Waals surface area contributed by atoms with E-state index in [4.69, 9.17) is 0 Å². The van der Waals surface area contributed by atoms with Gasteiger partial charge in [0.25, 0.3) is 0 Å². The van der Waals surface area contributed by atoms with Crippen LogP contribution in [0.15, 0.2) is 36.5 Å². The smallest absolute Gasteiger partial charge is 0.0705 e. The van der Waals surface area contributed by atoms with Crippen molar-refractivity contribution in [3.8, 4) is 0 Å². The fourth-order valence-corrected chi connectivity index (χ4v) is 2.58. The monoisotopic (exact) mass is 240 g/mol. The van der Waals surface area contributed by atoms with Gasteiger partial charge >= 0.3 is 0 Å². The van der Waals surface area contributed by atoms with Gasteiger partial charge in [-0.25, -0.2) is 0 Å². The predicted molar refractivity (Wildman–Crippen MR) is 75.3 cm³/mol. The van der Waals surface area contributed by atoms with Gasteiger partial charge in [-0.15, -0.1) is 0 Å². The van der Waals surface area contributed by atoms with Crippen LogP contribution in [0, 0.1) is 11.8 Å². The molecule has 0 radical (unpaired) electrons. The van der Waals surface area contributed by atoms with Gasteiger partial charge in [0, 0.05) is 18.1 Å². The maximum Gasteiger partial charge on any atom is 0.0705 e. The Labute approximate surface area is 108 Å². The molecule has 3 rings (SSSR count). The highest BCUT2D eigenvalue weighted by molar-refractivity contribution is 5.81. The highest BCUT2D eigenvalue weighted by atomic mass is 14.9. The highest BCUT2D eigenvalue weighted by Gasteiger charge is 2.27. The molecule has 1 aromatic heterocycles. The third kappa shape index (κ3) is 2.54. The number of nitrogens with one attached hydrogen (secondary N) is 1. The van der Waals surface area contributed by atoms with Crippen molar-refractivity contribution in [2.45, 2.75) is 26.3 Å². The van der Waals surface area contributed by atoms with Gasteiger partial charge in [-0.2, -0.15) is 0 Å². The number of hydrogen-bond acceptors (Lipinski definition) is 2. The van der Waals surface area contributed by atoms with E-state index in [0.29, 0.717) is 0 Å². The Balaban J connectivity index is 1.66. The second-order valence-corrected chi connectivity index (χ2v) is 5.43. The third-order valence-corrected chi connectivity index (χ3v) is 3.95. The number of aromatic nitrogens is 1. The number of pyridine rings is 1. The topological polar surface area (TPSA) is 24.9 Å². The Kier molecular flexibility index (Phi) is 3.28. The summed E-state index contributed by atoms with van der Waals surface area (Å²) in [5.41, 5.74) is 2.44. The van der Waals surface area contributed by atoms with Crippen molar-refractivity contribution in [1.82, 2.24) is 10.3 Å². The number of nitrogens with zero attached hydrogens (tertiary/aromatic N) is 1.